The van der Waals surface area contributed by atoms with Gasteiger partial charge in [0.05, 0.1) is 0 Å². The highest BCUT2D eigenvalue weighted by molar-refractivity contribution is 5.28. The molecule has 1 nitrogen and oxygen atoms in total. The number of hydrogen-bond acceptors (Lipinski definition) is 1. The van der Waals surface area contributed by atoms with Crippen molar-refractivity contribution < 1.29 is 13.5 Å². The van der Waals surface area contributed by atoms with Crippen molar-refractivity contribution in [3.63, 3.8) is 0 Å². The van der Waals surface area contributed by atoms with Crippen molar-refractivity contribution >= 4 is 0 Å². The first-order valence-electron chi connectivity index (χ1n) is 5.28. The quantitative estimate of drug-likeness (QED) is 0.783. The number of hydrogen-bond donors (Lipinski definition) is 0. The Morgan fingerprint density at radius 2 is 1.82 bits per heavy atom. The predicted molar refractivity (Wildman–Crippen MR) is 61.9 cm³/mol. The number of ether oxygens (including phenoxy) is 1. The largest absolute Gasteiger partial charge is 0.489 e. The summed E-state index contributed by atoms with van der Waals surface area (Å²) in [5.41, 5.74) is 1.69. The molecule has 0 N–H and O–H groups in total. The Kier molecular flexibility index (Phi) is 3.38. The summed E-state index contributed by atoms with van der Waals surface area (Å²) in [6.45, 7) is 2.19. The Morgan fingerprint density at radius 3 is 2.53 bits per heavy atom. The molecule has 0 unspecified atom stereocenters. The van der Waals surface area contributed by atoms with Crippen LogP contribution >= 0.6 is 0 Å². The van der Waals surface area contributed by atoms with Gasteiger partial charge in [0.2, 0.25) is 0 Å². The van der Waals surface area contributed by atoms with Gasteiger partial charge in [-0.3, -0.25) is 0 Å². The number of benzene rings is 2. The minimum absolute atomic E-state index is 0.223. The molecule has 0 amide bonds. The van der Waals surface area contributed by atoms with Crippen molar-refractivity contribution in [2.24, 2.45) is 0 Å². The average Bonchev–Trinajstić information content (AvgIpc) is 2.31. The maximum Gasteiger partial charge on any atom is 0.159 e. The first kappa shape index (κ1) is 11.6. The maximum absolute atomic E-state index is 12.9. The number of rotatable bonds is 3. The van der Waals surface area contributed by atoms with Crippen molar-refractivity contribution in [2.75, 3.05) is 0 Å². The van der Waals surface area contributed by atoms with Crippen LogP contribution in [0.15, 0.2) is 42.5 Å². The molecular formula is C14H12F2O. The predicted octanol–water partition coefficient (Wildman–Crippen LogP) is 3.85. The zero-order valence-electron chi connectivity index (χ0n) is 9.41. The molecule has 2 aromatic rings. The van der Waals surface area contributed by atoms with E-state index in [2.05, 4.69) is 0 Å². The zero-order chi connectivity index (χ0) is 12.3. The smallest absolute Gasteiger partial charge is 0.159 e. The van der Waals surface area contributed by atoms with Gasteiger partial charge in [0.25, 0.3) is 0 Å². The molecular weight excluding hydrogens is 222 g/mol. The van der Waals surface area contributed by atoms with Crippen LogP contribution in [0.4, 0.5) is 8.78 Å². The SMILES string of the molecule is Cc1cccc(OCc2ccc(F)c(F)c2)c1. The molecule has 0 saturated heterocycles. The molecule has 0 fully saturated rings. The van der Waals surface area contributed by atoms with Crippen molar-refractivity contribution in [1.82, 2.24) is 0 Å². The third-order valence-electron chi connectivity index (χ3n) is 2.38. The summed E-state index contributed by atoms with van der Waals surface area (Å²) in [5.74, 6) is -0.977. The molecule has 0 aliphatic carbocycles. The molecule has 0 atom stereocenters. The molecule has 0 aromatic heterocycles. The molecule has 2 rings (SSSR count). The fraction of sp³-hybridized carbons (Fsp3) is 0.143. The third-order valence-corrected chi connectivity index (χ3v) is 2.38. The normalized spacial score (nSPS) is 10.3. The van der Waals surface area contributed by atoms with Crippen molar-refractivity contribution in [2.45, 2.75) is 13.5 Å². The summed E-state index contributed by atoms with van der Waals surface area (Å²) in [6.07, 6.45) is 0. The van der Waals surface area contributed by atoms with Gasteiger partial charge in [-0.05, 0) is 42.3 Å². The number of aryl methyl sites for hydroxylation is 1. The average molecular weight is 234 g/mol. The highest BCUT2D eigenvalue weighted by Crippen LogP contribution is 2.15. The monoisotopic (exact) mass is 234 g/mol. The van der Waals surface area contributed by atoms with Gasteiger partial charge < -0.3 is 4.74 Å². The van der Waals surface area contributed by atoms with Crippen LogP contribution in [0.1, 0.15) is 11.1 Å². The summed E-state index contributed by atoms with van der Waals surface area (Å²) in [7, 11) is 0. The summed E-state index contributed by atoms with van der Waals surface area (Å²) >= 11 is 0. The second kappa shape index (κ2) is 4.95. The Morgan fingerprint density at radius 1 is 1.00 bits per heavy atom. The highest BCUT2D eigenvalue weighted by atomic mass is 19.2. The van der Waals surface area contributed by atoms with Gasteiger partial charge in [0.1, 0.15) is 12.4 Å². The molecule has 0 spiro atoms. The lowest BCUT2D eigenvalue weighted by Crippen LogP contribution is -1.97. The van der Waals surface area contributed by atoms with Crippen LogP contribution in [-0.4, -0.2) is 0 Å². The molecule has 17 heavy (non-hydrogen) atoms. The zero-order valence-corrected chi connectivity index (χ0v) is 9.41. The molecule has 0 saturated carbocycles. The highest BCUT2D eigenvalue weighted by Gasteiger charge is 2.03. The third kappa shape index (κ3) is 3.03. The first-order valence-corrected chi connectivity index (χ1v) is 5.28. The molecule has 3 heteroatoms. The van der Waals surface area contributed by atoms with Gasteiger partial charge in [0, 0.05) is 0 Å². The minimum Gasteiger partial charge on any atom is -0.489 e. The number of halogens is 2. The van der Waals surface area contributed by atoms with Crippen LogP contribution in [0.5, 0.6) is 5.75 Å². The Labute approximate surface area is 98.7 Å². The topological polar surface area (TPSA) is 9.23 Å². The van der Waals surface area contributed by atoms with E-state index in [0.29, 0.717) is 5.56 Å². The lowest BCUT2D eigenvalue weighted by Gasteiger charge is -2.07. The van der Waals surface area contributed by atoms with E-state index in [9.17, 15) is 8.78 Å². The summed E-state index contributed by atoms with van der Waals surface area (Å²) < 4.78 is 31.1. The van der Waals surface area contributed by atoms with Crippen molar-refractivity contribution in [3.8, 4) is 5.75 Å². The lowest BCUT2D eigenvalue weighted by atomic mass is 10.2. The van der Waals surface area contributed by atoms with E-state index in [1.54, 1.807) is 0 Å². The second-order valence-corrected chi connectivity index (χ2v) is 3.85. The van der Waals surface area contributed by atoms with Gasteiger partial charge in [0.15, 0.2) is 11.6 Å². The maximum atomic E-state index is 12.9. The van der Waals surface area contributed by atoms with Crippen LogP contribution in [-0.2, 0) is 6.61 Å². The molecule has 0 aliphatic heterocycles. The fourth-order valence-electron chi connectivity index (χ4n) is 1.50. The van der Waals surface area contributed by atoms with E-state index in [1.807, 2.05) is 31.2 Å². The lowest BCUT2D eigenvalue weighted by molar-refractivity contribution is 0.305. The van der Waals surface area contributed by atoms with Crippen molar-refractivity contribution in [3.05, 3.63) is 65.2 Å². The Hall–Kier alpha value is -1.90. The molecule has 0 aliphatic rings. The summed E-state index contributed by atoms with van der Waals surface area (Å²) in [5, 5.41) is 0. The Bertz CT molecular complexity index is 523. The van der Waals surface area contributed by atoms with Crippen LogP contribution in [0, 0.1) is 18.6 Å². The van der Waals surface area contributed by atoms with E-state index < -0.39 is 11.6 Å². The van der Waals surface area contributed by atoms with E-state index in [-0.39, 0.29) is 6.61 Å². The van der Waals surface area contributed by atoms with Gasteiger partial charge in [-0.15, -0.1) is 0 Å². The molecule has 2 aromatic carbocycles. The van der Waals surface area contributed by atoms with Gasteiger partial charge in [-0.25, -0.2) is 8.78 Å². The van der Waals surface area contributed by atoms with Gasteiger partial charge in [-0.1, -0.05) is 18.2 Å². The van der Waals surface area contributed by atoms with Gasteiger partial charge in [-0.2, -0.15) is 0 Å². The van der Waals surface area contributed by atoms with Crippen molar-refractivity contribution in [1.29, 1.82) is 0 Å². The standard InChI is InChI=1S/C14H12F2O/c1-10-3-2-4-12(7-10)17-9-11-5-6-13(15)14(16)8-11/h2-8H,9H2,1H3. The fourth-order valence-corrected chi connectivity index (χ4v) is 1.50. The molecule has 0 heterocycles. The van der Waals surface area contributed by atoms with Crippen LogP contribution in [0.2, 0.25) is 0 Å². The first-order chi connectivity index (χ1) is 8.15. The van der Waals surface area contributed by atoms with Gasteiger partial charge >= 0.3 is 0 Å². The molecule has 0 bridgehead atoms. The molecule has 88 valence electrons. The van der Waals surface area contributed by atoms with E-state index in [1.165, 1.54) is 6.07 Å². The van der Waals surface area contributed by atoms with Crippen LogP contribution in [0.25, 0.3) is 0 Å². The van der Waals surface area contributed by atoms with E-state index >= 15 is 0 Å². The van der Waals surface area contributed by atoms with E-state index in [0.717, 1.165) is 23.4 Å². The summed E-state index contributed by atoms with van der Waals surface area (Å²) in [4.78, 5) is 0. The van der Waals surface area contributed by atoms with Crippen LogP contribution < -0.4 is 4.74 Å². The second-order valence-electron chi connectivity index (χ2n) is 3.85. The minimum atomic E-state index is -0.852. The van der Waals surface area contributed by atoms with Crippen LogP contribution in [0.3, 0.4) is 0 Å². The molecule has 0 radical (unpaired) electrons. The summed E-state index contributed by atoms with van der Waals surface area (Å²) in [6, 6.07) is 11.3. The Balaban J connectivity index is 2.05. The van der Waals surface area contributed by atoms with E-state index in [4.69, 9.17) is 4.74 Å².